The second-order valence-electron chi connectivity index (χ2n) is 8.70. The molecule has 0 radical (unpaired) electrons. The quantitative estimate of drug-likeness (QED) is 0.272. The average molecular weight is 448 g/mol. The Balaban J connectivity index is 1.49. The molecular weight excluding hydrogens is 426 g/mol. The number of anilines is 3. The minimum Gasteiger partial charge on any atom is -0.309 e. The van der Waals surface area contributed by atoms with Crippen molar-refractivity contribution >= 4 is 28.0 Å². The van der Waals surface area contributed by atoms with Crippen molar-refractivity contribution in [2.24, 2.45) is 0 Å². The highest BCUT2D eigenvalue weighted by molar-refractivity contribution is 6.12. The summed E-state index contributed by atoms with van der Waals surface area (Å²) in [5, 5.41) is 1.08. The molecule has 3 heteroatoms. The second-order valence-corrected chi connectivity index (χ2v) is 8.70. The molecule has 6 aromatic rings. The van der Waals surface area contributed by atoms with Crippen LogP contribution in [-0.2, 0) is 0 Å². The summed E-state index contributed by atoms with van der Waals surface area (Å²) in [5.41, 5.74) is 9.79. The Kier molecular flexibility index (Phi) is 4.46. The molecule has 1 aliphatic heterocycles. The van der Waals surface area contributed by atoms with Gasteiger partial charge >= 0.3 is 0 Å². The monoisotopic (exact) mass is 447 g/mol. The molecule has 0 atom stereocenters. The molecule has 2 heterocycles. The van der Waals surface area contributed by atoms with E-state index in [2.05, 4.69) is 114 Å². The van der Waals surface area contributed by atoms with E-state index in [9.17, 15) is 0 Å². The molecule has 0 unspecified atom stereocenters. The van der Waals surface area contributed by atoms with Crippen LogP contribution in [0.3, 0.4) is 0 Å². The van der Waals surface area contributed by atoms with Crippen LogP contribution in [0.25, 0.3) is 44.7 Å². The summed E-state index contributed by atoms with van der Waals surface area (Å²) in [4.78, 5) is 12.4. The highest BCUT2D eigenvalue weighted by Crippen LogP contribution is 2.50. The fourth-order valence-corrected chi connectivity index (χ4v) is 4.99. The second kappa shape index (κ2) is 7.93. The van der Waals surface area contributed by atoms with Crippen LogP contribution in [0, 0.1) is 0 Å². The van der Waals surface area contributed by atoms with Crippen molar-refractivity contribution in [1.82, 2.24) is 9.97 Å². The fraction of sp³-hybridized carbons (Fsp3) is 0. The van der Waals surface area contributed by atoms with Gasteiger partial charge in [-0.2, -0.15) is 0 Å². The number of fused-ring (bicyclic) bond motifs is 2. The Morgan fingerprint density at radius 3 is 1.97 bits per heavy atom. The third-order valence-electron chi connectivity index (χ3n) is 6.59. The molecule has 0 bridgehead atoms. The van der Waals surface area contributed by atoms with Gasteiger partial charge in [0, 0.05) is 16.8 Å². The highest BCUT2D eigenvalue weighted by atomic mass is 15.2. The van der Waals surface area contributed by atoms with E-state index < -0.39 is 0 Å². The van der Waals surface area contributed by atoms with Crippen molar-refractivity contribution in [1.29, 1.82) is 0 Å². The van der Waals surface area contributed by atoms with Gasteiger partial charge in [-0.15, -0.1) is 0 Å². The lowest BCUT2D eigenvalue weighted by atomic mass is 9.95. The van der Waals surface area contributed by atoms with Crippen LogP contribution < -0.4 is 4.90 Å². The van der Waals surface area contributed by atoms with E-state index in [4.69, 9.17) is 9.97 Å². The Labute approximate surface area is 204 Å². The Morgan fingerprint density at radius 1 is 0.486 bits per heavy atom. The molecule has 35 heavy (non-hydrogen) atoms. The molecule has 0 saturated carbocycles. The predicted octanol–water partition coefficient (Wildman–Crippen LogP) is 8.41. The highest BCUT2D eigenvalue weighted by Gasteiger charge is 2.28. The standard InChI is InChI=1S/C32H21N3/c1-3-11-22(12-4-1)24-15-9-16-25(21-24)35-28-19-8-7-17-26(28)31-30-27(18-10-20-29(30)35)33-32(34-31)23-13-5-2-6-14-23/h1-21H. The maximum Gasteiger partial charge on any atom is 0.160 e. The van der Waals surface area contributed by atoms with Crippen LogP contribution in [0.15, 0.2) is 127 Å². The topological polar surface area (TPSA) is 29.0 Å². The zero-order chi connectivity index (χ0) is 23.2. The van der Waals surface area contributed by atoms with E-state index in [-0.39, 0.29) is 0 Å². The smallest absolute Gasteiger partial charge is 0.160 e. The fourth-order valence-electron chi connectivity index (χ4n) is 4.99. The first-order valence-corrected chi connectivity index (χ1v) is 11.8. The zero-order valence-corrected chi connectivity index (χ0v) is 19.0. The van der Waals surface area contributed by atoms with Crippen LogP contribution in [0.5, 0.6) is 0 Å². The van der Waals surface area contributed by atoms with Crippen LogP contribution in [0.4, 0.5) is 17.1 Å². The number of hydrogen-bond acceptors (Lipinski definition) is 3. The molecule has 1 aliphatic rings. The van der Waals surface area contributed by atoms with Crippen LogP contribution in [0.1, 0.15) is 0 Å². The van der Waals surface area contributed by atoms with Gasteiger partial charge in [-0.1, -0.05) is 97.1 Å². The maximum atomic E-state index is 5.10. The van der Waals surface area contributed by atoms with E-state index in [0.717, 1.165) is 50.6 Å². The van der Waals surface area contributed by atoms with Crippen molar-refractivity contribution in [3.63, 3.8) is 0 Å². The maximum absolute atomic E-state index is 5.10. The van der Waals surface area contributed by atoms with Crippen molar-refractivity contribution in [2.75, 3.05) is 4.90 Å². The van der Waals surface area contributed by atoms with Crippen molar-refractivity contribution in [3.8, 4) is 33.8 Å². The molecule has 0 fully saturated rings. The van der Waals surface area contributed by atoms with Crippen LogP contribution in [-0.4, -0.2) is 9.97 Å². The molecule has 3 nitrogen and oxygen atoms in total. The molecular formula is C32H21N3. The van der Waals surface area contributed by atoms with Gasteiger partial charge in [0.2, 0.25) is 0 Å². The Bertz CT molecular complexity index is 1690. The number of aromatic nitrogens is 2. The first kappa shape index (κ1) is 19.7. The number of hydrogen-bond donors (Lipinski definition) is 0. The Hall–Kier alpha value is -4.76. The van der Waals surface area contributed by atoms with E-state index in [1.54, 1.807) is 0 Å². The number of nitrogens with zero attached hydrogens (tertiary/aromatic N) is 3. The zero-order valence-electron chi connectivity index (χ0n) is 19.0. The third-order valence-corrected chi connectivity index (χ3v) is 6.59. The largest absolute Gasteiger partial charge is 0.309 e. The summed E-state index contributed by atoms with van der Waals surface area (Å²) >= 11 is 0. The lowest BCUT2D eigenvalue weighted by Gasteiger charge is -2.33. The predicted molar refractivity (Wildman–Crippen MR) is 144 cm³/mol. The van der Waals surface area contributed by atoms with E-state index in [1.165, 1.54) is 11.1 Å². The molecule has 164 valence electrons. The lowest BCUT2D eigenvalue weighted by molar-refractivity contribution is 1.20. The lowest BCUT2D eigenvalue weighted by Crippen LogP contribution is -2.16. The van der Waals surface area contributed by atoms with Crippen molar-refractivity contribution in [2.45, 2.75) is 0 Å². The van der Waals surface area contributed by atoms with Gasteiger partial charge in [0.25, 0.3) is 0 Å². The number of benzene rings is 5. The van der Waals surface area contributed by atoms with Crippen molar-refractivity contribution in [3.05, 3.63) is 127 Å². The van der Waals surface area contributed by atoms with Gasteiger partial charge in [-0.05, 0) is 41.5 Å². The summed E-state index contributed by atoms with van der Waals surface area (Å²) in [6, 6.07) is 44.3. The van der Waals surface area contributed by atoms with E-state index >= 15 is 0 Å². The molecule has 7 rings (SSSR count). The molecule has 0 saturated heterocycles. The summed E-state index contributed by atoms with van der Waals surface area (Å²) < 4.78 is 0. The van der Waals surface area contributed by atoms with Crippen molar-refractivity contribution < 1.29 is 0 Å². The third kappa shape index (κ3) is 3.21. The minimum atomic E-state index is 0.750. The Morgan fingerprint density at radius 2 is 1.14 bits per heavy atom. The normalized spacial score (nSPS) is 11.9. The summed E-state index contributed by atoms with van der Waals surface area (Å²) in [6.07, 6.45) is 0. The van der Waals surface area contributed by atoms with Gasteiger partial charge in [-0.25, -0.2) is 9.97 Å². The molecule has 0 N–H and O–H groups in total. The minimum absolute atomic E-state index is 0.750. The van der Waals surface area contributed by atoms with E-state index in [0.29, 0.717) is 0 Å². The molecule has 0 spiro atoms. The van der Waals surface area contributed by atoms with Gasteiger partial charge in [0.05, 0.1) is 28.0 Å². The average Bonchev–Trinajstić information content (AvgIpc) is 2.94. The number of para-hydroxylation sites is 1. The number of rotatable bonds is 3. The van der Waals surface area contributed by atoms with Crippen LogP contribution >= 0.6 is 0 Å². The summed E-state index contributed by atoms with van der Waals surface area (Å²) in [5.74, 6) is 0.750. The molecule has 0 aliphatic carbocycles. The molecule has 1 aromatic heterocycles. The van der Waals surface area contributed by atoms with Gasteiger partial charge < -0.3 is 4.90 Å². The SMILES string of the molecule is c1ccc(-c2cccc(N3c4ccccc4-c4nc(-c5ccccc5)nc5cccc3c45)c2)cc1. The van der Waals surface area contributed by atoms with Crippen LogP contribution in [0.2, 0.25) is 0 Å². The molecule has 5 aromatic carbocycles. The first-order chi connectivity index (χ1) is 17.4. The summed E-state index contributed by atoms with van der Waals surface area (Å²) in [6.45, 7) is 0. The molecule has 0 amide bonds. The van der Waals surface area contributed by atoms with Gasteiger partial charge in [-0.3, -0.25) is 0 Å². The summed E-state index contributed by atoms with van der Waals surface area (Å²) in [7, 11) is 0. The van der Waals surface area contributed by atoms with Gasteiger partial charge in [0.1, 0.15) is 0 Å². The van der Waals surface area contributed by atoms with Gasteiger partial charge in [0.15, 0.2) is 5.82 Å². The first-order valence-electron chi connectivity index (χ1n) is 11.8. The van der Waals surface area contributed by atoms with E-state index in [1.807, 2.05) is 18.2 Å².